The summed E-state index contributed by atoms with van der Waals surface area (Å²) in [4.78, 5) is 35.3. The number of imidazole rings is 4. The third kappa shape index (κ3) is 15.3. The van der Waals surface area contributed by atoms with Crippen LogP contribution in [0.25, 0.3) is 68.4 Å². The van der Waals surface area contributed by atoms with Crippen LogP contribution in [0.1, 0.15) is 86.1 Å². The minimum atomic E-state index is -0.833. The molecule has 0 fully saturated rings. The first kappa shape index (κ1) is 64.2. The number of benzene rings is 8. The van der Waals surface area contributed by atoms with Gasteiger partial charge in [-0.15, -0.1) is 5.69 Å². The Morgan fingerprint density at radius 1 is 0.418 bits per heavy atom. The Morgan fingerprint density at radius 2 is 0.670 bits per heavy atom. The molecule has 0 bridgehead atoms. The molecule has 91 heavy (non-hydrogen) atoms. The monoisotopic (exact) mass is 1280 g/mol. The van der Waals surface area contributed by atoms with Crippen molar-refractivity contribution in [1.82, 2.24) is 58.2 Å². The first-order chi connectivity index (χ1) is 43.6. The Balaban J connectivity index is 0.00000147. The molecule has 0 unspecified atom stereocenters. The number of carboxylic acids is 1. The second-order valence-corrected chi connectivity index (χ2v) is 22.3. The van der Waals surface area contributed by atoms with Gasteiger partial charge in [0.05, 0.1) is 70.3 Å². The van der Waals surface area contributed by atoms with Crippen molar-refractivity contribution in [2.45, 2.75) is 72.4 Å². The van der Waals surface area contributed by atoms with Crippen LogP contribution in [-0.4, -0.2) is 64.2 Å². The SMILES string of the molecule is C=Cc1ccc(Cn2c(CN(Cc3cc(CN(Cc4nc5ccccc5n4Cc4ccc(C=C)cc4)Cc4nc5ccccc5n4Cc4ccc(C=C)cc4)[n-]n3)Cc3nc4ccccc4n3Cc3ccc(C=C)cc3)nc3ccccc32)cc1.CC(=O)O.[Mn+2].[Mn]. The fourth-order valence-corrected chi connectivity index (χ4v) is 11.6. The van der Waals surface area contributed by atoms with E-state index < -0.39 is 5.97 Å². The van der Waals surface area contributed by atoms with Gasteiger partial charge in [-0.2, -0.15) is 0 Å². The summed E-state index contributed by atoms with van der Waals surface area (Å²) in [5.41, 5.74) is 18.9. The Morgan fingerprint density at radius 3 is 0.934 bits per heavy atom. The average Bonchev–Trinajstić information content (AvgIpc) is 1.77. The molecule has 454 valence electrons. The van der Waals surface area contributed by atoms with Crippen LogP contribution in [0.15, 0.2) is 227 Å². The molecule has 0 saturated carbocycles. The number of hydrogen-bond donors (Lipinski definition) is 1. The molecule has 13 aromatic rings. The Bertz CT molecular complexity index is 4090. The fourth-order valence-electron chi connectivity index (χ4n) is 11.6. The number of nitrogens with zero attached hydrogens (tertiary/aromatic N) is 12. The molecule has 0 saturated heterocycles. The van der Waals surface area contributed by atoms with Gasteiger partial charge in [0.2, 0.25) is 0 Å². The molecular weight excluding hydrogens is 1210 g/mol. The Kier molecular flexibility index (Phi) is 21.0. The van der Waals surface area contributed by atoms with E-state index in [4.69, 9.17) is 40.0 Å². The van der Waals surface area contributed by atoms with Gasteiger partial charge < -0.3 is 33.6 Å². The summed E-state index contributed by atoms with van der Waals surface area (Å²) in [5.74, 6) is 2.95. The number of carbonyl (C=O) groups is 1. The molecule has 1 N–H and O–H groups in total. The molecule has 5 heterocycles. The van der Waals surface area contributed by atoms with Crippen LogP contribution in [0.2, 0.25) is 0 Å². The maximum atomic E-state index is 9.00. The smallest absolute Gasteiger partial charge is 0.578 e. The molecule has 13 rings (SSSR count). The van der Waals surface area contributed by atoms with Crippen LogP contribution in [-0.2, 0) is 104 Å². The largest absolute Gasteiger partial charge is 2.00 e. The van der Waals surface area contributed by atoms with E-state index in [0.717, 1.165) is 108 Å². The van der Waals surface area contributed by atoms with Crippen LogP contribution >= 0.6 is 0 Å². The van der Waals surface area contributed by atoms with Gasteiger partial charge >= 0.3 is 17.1 Å². The van der Waals surface area contributed by atoms with Crippen LogP contribution in [0.4, 0.5) is 0 Å². The van der Waals surface area contributed by atoms with Crippen molar-refractivity contribution in [2.75, 3.05) is 0 Å². The van der Waals surface area contributed by atoms with Crippen molar-refractivity contribution in [3.63, 3.8) is 0 Å². The summed E-state index contributed by atoms with van der Waals surface area (Å²) in [6, 6.07) is 70.2. The quantitative estimate of drug-likeness (QED) is 0.0581. The zero-order valence-corrected chi connectivity index (χ0v) is 53.1. The van der Waals surface area contributed by atoms with E-state index in [1.807, 2.05) is 24.3 Å². The first-order valence-corrected chi connectivity index (χ1v) is 29.8. The number of hydrogen-bond acceptors (Lipinski definition) is 8. The van der Waals surface area contributed by atoms with Crippen LogP contribution in [0, 0.1) is 0 Å². The van der Waals surface area contributed by atoms with Gasteiger partial charge in [0, 0.05) is 69.0 Å². The van der Waals surface area contributed by atoms with E-state index in [0.29, 0.717) is 65.4 Å². The van der Waals surface area contributed by atoms with Crippen molar-refractivity contribution in [2.24, 2.45) is 0 Å². The van der Waals surface area contributed by atoms with Crippen molar-refractivity contribution < 1.29 is 44.0 Å². The van der Waals surface area contributed by atoms with E-state index in [9.17, 15) is 0 Å². The normalized spacial score (nSPS) is 11.2. The second-order valence-electron chi connectivity index (χ2n) is 22.3. The standard InChI is InChI=1S/C73H65N12.C2H4O2.2Mn/c1-5-52-25-33-56(34-26-52)42-82-66-21-13-9-17-62(66)74-70(82)48-80(49-71-75-63-18-10-14-22-67(63)83(71)43-57-35-27-53(6-2)28-36-57)46-60-41-61(79-78-60)47-81(50-72-76-64-19-11-15-23-68(64)84(72)44-58-37-29-54(7-3)30-38-58)51-73-77-65-20-12-16-24-69(65)85(73)45-59-39-31-55(8-4)32-40-59;1-2(3)4;;/h5-41H,1-4,42-51H2;1H3,(H,3,4);;/q-1;;;+2. The van der Waals surface area contributed by atoms with Crippen LogP contribution in [0.3, 0.4) is 0 Å². The number of aliphatic carboxylic acids is 1. The van der Waals surface area contributed by atoms with E-state index in [-0.39, 0.29) is 34.1 Å². The third-order valence-electron chi connectivity index (χ3n) is 16.0. The second kappa shape index (κ2) is 29.7. The number of fused-ring (bicyclic) bond motifs is 4. The summed E-state index contributed by atoms with van der Waals surface area (Å²) in [5, 5.41) is 17.4. The molecule has 0 aliphatic rings. The molecule has 5 aromatic heterocycles. The van der Waals surface area contributed by atoms with Crippen molar-refractivity contribution >= 4 is 74.4 Å². The zero-order valence-electron chi connectivity index (χ0n) is 50.7. The summed E-state index contributed by atoms with van der Waals surface area (Å²) >= 11 is 0. The van der Waals surface area contributed by atoms with Gasteiger partial charge in [0.15, 0.2) is 0 Å². The first-order valence-electron chi connectivity index (χ1n) is 29.8. The Labute approximate surface area is 551 Å². The van der Waals surface area contributed by atoms with Gasteiger partial charge in [-0.1, -0.05) is 202 Å². The molecule has 8 aromatic carbocycles. The van der Waals surface area contributed by atoms with Crippen molar-refractivity contribution in [3.05, 3.63) is 306 Å². The topological polar surface area (TPSA) is 142 Å². The molecular formula is C75H69Mn2N12O2+. The molecule has 2 radical (unpaired) electrons. The van der Waals surface area contributed by atoms with Gasteiger partial charge in [-0.05, 0) is 93.0 Å². The minimum absolute atomic E-state index is 0. The molecule has 16 heteroatoms. The van der Waals surface area contributed by atoms with E-state index >= 15 is 0 Å². The number of para-hydroxylation sites is 8. The fraction of sp³-hybridized carbons (Fsp3) is 0.147. The Hall–Kier alpha value is -9.76. The summed E-state index contributed by atoms with van der Waals surface area (Å²) < 4.78 is 9.40. The number of rotatable bonds is 24. The van der Waals surface area contributed by atoms with Crippen molar-refractivity contribution in [1.29, 1.82) is 0 Å². The van der Waals surface area contributed by atoms with Gasteiger partial charge in [0.1, 0.15) is 23.3 Å². The predicted molar refractivity (Wildman–Crippen MR) is 358 cm³/mol. The van der Waals surface area contributed by atoms with E-state index in [1.165, 1.54) is 22.3 Å². The number of aromatic nitrogens is 10. The van der Waals surface area contributed by atoms with Gasteiger partial charge in [0.25, 0.3) is 5.97 Å². The van der Waals surface area contributed by atoms with Crippen molar-refractivity contribution in [3.8, 4) is 0 Å². The third-order valence-corrected chi connectivity index (χ3v) is 16.0. The predicted octanol–water partition coefficient (Wildman–Crippen LogP) is 14.7. The molecule has 14 nitrogen and oxygen atoms in total. The van der Waals surface area contributed by atoms with E-state index in [1.54, 1.807) is 0 Å². The summed E-state index contributed by atoms with van der Waals surface area (Å²) in [7, 11) is 0. The summed E-state index contributed by atoms with van der Waals surface area (Å²) in [6.07, 6.45) is 7.52. The maximum absolute atomic E-state index is 9.00. The average molecular weight is 1280 g/mol. The minimum Gasteiger partial charge on any atom is -0.578 e. The molecule has 0 amide bonds. The molecule has 0 aliphatic carbocycles. The van der Waals surface area contributed by atoms with Crippen LogP contribution in [0.5, 0.6) is 0 Å². The molecule has 0 atom stereocenters. The van der Waals surface area contributed by atoms with Crippen LogP contribution < -0.4 is 5.10 Å². The maximum Gasteiger partial charge on any atom is 2.00 e. The number of carboxylic acid groups (broad SMARTS) is 1. The molecule has 0 aliphatic heterocycles. The van der Waals surface area contributed by atoms with Gasteiger partial charge in [-0.25, -0.2) is 19.9 Å². The zero-order chi connectivity index (χ0) is 61.2. The van der Waals surface area contributed by atoms with Gasteiger partial charge in [-0.3, -0.25) is 14.6 Å². The molecule has 0 spiro atoms. The van der Waals surface area contributed by atoms with E-state index in [2.05, 4.69) is 255 Å². The summed E-state index contributed by atoms with van der Waals surface area (Å²) in [6.45, 7) is 22.7.